The first-order valence-corrected chi connectivity index (χ1v) is 13.7. The zero-order valence-electron chi connectivity index (χ0n) is 23.8. The monoisotopic (exact) mass is 554 g/mol. The number of nitrogens with zero attached hydrogens (tertiary/aromatic N) is 1. The minimum atomic E-state index is -0.368. The van der Waals surface area contributed by atoms with Crippen LogP contribution in [0.3, 0.4) is 0 Å². The molecule has 212 valence electrons. The minimum absolute atomic E-state index is 0.00401. The molecular formula is C33H35FN4O3. The average molecular weight is 555 g/mol. The number of carbonyl (C=O) groups excluding carboxylic acids is 2. The quantitative estimate of drug-likeness (QED) is 0.362. The molecule has 3 N–H and O–H groups in total. The van der Waals surface area contributed by atoms with Crippen molar-refractivity contribution in [2.75, 3.05) is 32.6 Å². The van der Waals surface area contributed by atoms with Crippen molar-refractivity contribution in [2.45, 2.75) is 32.9 Å². The van der Waals surface area contributed by atoms with Gasteiger partial charge in [0.1, 0.15) is 11.6 Å². The molecule has 0 aromatic heterocycles. The number of ether oxygens (including phenoxy) is 1. The number of hydrogen-bond acceptors (Lipinski definition) is 5. The fraction of sp³-hybridized carbons (Fsp3) is 0.273. The Morgan fingerprint density at radius 3 is 2.54 bits per heavy atom. The summed E-state index contributed by atoms with van der Waals surface area (Å²) in [6.45, 7) is 5.36. The number of halogens is 1. The lowest BCUT2D eigenvalue weighted by Crippen LogP contribution is -2.30. The number of methoxy groups -OCH3 is 1. The van der Waals surface area contributed by atoms with Crippen molar-refractivity contribution < 1.29 is 18.7 Å². The second-order valence-electron chi connectivity index (χ2n) is 10.6. The van der Waals surface area contributed by atoms with Gasteiger partial charge in [0.25, 0.3) is 5.91 Å². The largest absolute Gasteiger partial charge is 0.496 e. The molecule has 1 atom stereocenters. The summed E-state index contributed by atoms with van der Waals surface area (Å²) in [7, 11) is 3.47. The lowest BCUT2D eigenvalue weighted by Gasteiger charge is -2.21. The van der Waals surface area contributed by atoms with Crippen molar-refractivity contribution in [1.29, 1.82) is 0 Å². The SMILES string of the molecule is COc1cc(-c2cccc(-c3cccc(NC(=O)C4=CC=CN(C)C4)c3C)c2C)cc(F)c1CN[C@@H]1CNC(=O)C1. The average Bonchev–Trinajstić information content (AvgIpc) is 3.38. The van der Waals surface area contributed by atoms with Crippen molar-refractivity contribution in [2.24, 2.45) is 0 Å². The minimum Gasteiger partial charge on any atom is -0.496 e. The van der Waals surface area contributed by atoms with Crippen LogP contribution in [0.4, 0.5) is 10.1 Å². The molecule has 0 unspecified atom stereocenters. The van der Waals surface area contributed by atoms with Gasteiger partial charge in [-0.1, -0.05) is 36.4 Å². The molecule has 0 spiro atoms. The second-order valence-corrected chi connectivity index (χ2v) is 10.6. The summed E-state index contributed by atoms with van der Waals surface area (Å²) in [4.78, 5) is 26.4. The van der Waals surface area contributed by atoms with E-state index in [9.17, 15) is 9.59 Å². The van der Waals surface area contributed by atoms with Gasteiger partial charge in [0.05, 0.1) is 7.11 Å². The van der Waals surface area contributed by atoms with Crippen LogP contribution in [0.5, 0.6) is 5.75 Å². The van der Waals surface area contributed by atoms with E-state index in [0.717, 1.165) is 33.5 Å². The third-order valence-corrected chi connectivity index (χ3v) is 7.79. The van der Waals surface area contributed by atoms with Gasteiger partial charge in [-0.15, -0.1) is 0 Å². The second kappa shape index (κ2) is 12.0. The van der Waals surface area contributed by atoms with E-state index in [1.807, 2.05) is 86.6 Å². The van der Waals surface area contributed by atoms with Crippen LogP contribution in [0.15, 0.2) is 72.5 Å². The van der Waals surface area contributed by atoms with Crippen LogP contribution >= 0.6 is 0 Å². The highest BCUT2D eigenvalue weighted by Gasteiger charge is 2.23. The van der Waals surface area contributed by atoms with E-state index in [1.165, 1.54) is 13.2 Å². The molecule has 1 saturated heterocycles. The van der Waals surface area contributed by atoms with E-state index in [1.54, 1.807) is 0 Å². The third kappa shape index (κ3) is 6.02. The summed E-state index contributed by atoms with van der Waals surface area (Å²) < 4.78 is 21.0. The number of allylic oxidation sites excluding steroid dienone is 2. The highest BCUT2D eigenvalue weighted by Crippen LogP contribution is 2.37. The molecule has 2 aliphatic rings. The molecule has 2 amide bonds. The highest BCUT2D eigenvalue weighted by molar-refractivity contribution is 6.05. The molecule has 5 rings (SSSR count). The normalized spacial score (nSPS) is 16.4. The van der Waals surface area contributed by atoms with Crippen LogP contribution in [-0.2, 0) is 16.1 Å². The zero-order valence-corrected chi connectivity index (χ0v) is 23.8. The smallest absolute Gasteiger partial charge is 0.253 e. The molecule has 1 fully saturated rings. The van der Waals surface area contributed by atoms with Gasteiger partial charge in [-0.2, -0.15) is 0 Å². The summed E-state index contributed by atoms with van der Waals surface area (Å²) in [6, 6.07) is 15.2. The van der Waals surface area contributed by atoms with Crippen molar-refractivity contribution >= 4 is 17.5 Å². The maximum absolute atomic E-state index is 15.5. The maximum atomic E-state index is 15.5. The van der Waals surface area contributed by atoms with Crippen LogP contribution in [0.1, 0.15) is 23.1 Å². The fourth-order valence-corrected chi connectivity index (χ4v) is 5.45. The molecule has 7 nitrogen and oxygen atoms in total. The van der Waals surface area contributed by atoms with Crippen LogP contribution < -0.4 is 20.7 Å². The van der Waals surface area contributed by atoms with Crippen molar-refractivity contribution in [3.05, 3.63) is 95.0 Å². The standard InChI is InChI=1S/C33H35FN4O3/c1-20-25(23-14-29(34)28(31(15-23)41-4)18-35-24-16-32(39)36-17-24)9-5-10-26(20)27-11-6-12-30(21(27)2)37-33(40)22-8-7-13-38(3)19-22/h5-15,24,35H,16-19H2,1-4H3,(H,36,39)(H,37,40)/t24-/m0/s1. The van der Waals surface area contributed by atoms with E-state index in [0.29, 0.717) is 42.0 Å². The van der Waals surface area contributed by atoms with E-state index in [-0.39, 0.29) is 30.2 Å². The Kier molecular flexibility index (Phi) is 8.21. The van der Waals surface area contributed by atoms with Gasteiger partial charge < -0.3 is 25.6 Å². The summed E-state index contributed by atoms with van der Waals surface area (Å²) >= 11 is 0. The van der Waals surface area contributed by atoms with Crippen molar-refractivity contribution in [1.82, 2.24) is 15.5 Å². The van der Waals surface area contributed by atoms with Gasteiger partial charge in [0.2, 0.25) is 5.91 Å². The first kappa shape index (κ1) is 28.1. The molecule has 8 heteroatoms. The Hall–Kier alpha value is -4.43. The van der Waals surface area contributed by atoms with Crippen LogP contribution in [0.25, 0.3) is 22.3 Å². The number of benzene rings is 3. The van der Waals surface area contributed by atoms with E-state index < -0.39 is 0 Å². The summed E-state index contributed by atoms with van der Waals surface area (Å²) in [5, 5.41) is 9.11. The number of hydrogen-bond donors (Lipinski definition) is 3. The topological polar surface area (TPSA) is 82.7 Å². The van der Waals surface area contributed by atoms with Gasteiger partial charge in [-0.3, -0.25) is 9.59 Å². The first-order chi connectivity index (χ1) is 19.7. The zero-order chi connectivity index (χ0) is 29.1. The van der Waals surface area contributed by atoms with E-state index in [2.05, 4.69) is 16.0 Å². The summed E-state index contributed by atoms with van der Waals surface area (Å²) in [5.41, 5.74) is 7.40. The Labute approximate surface area is 240 Å². The van der Waals surface area contributed by atoms with Gasteiger partial charge >= 0.3 is 0 Å². The molecule has 0 radical (unpaired) electrons. The molecule has 3 aromatic carbocycles. The highest BCUT2D eigenvalue weighted by atomic mass is 19.1. The predicted molar refractivity (Wildman–Crippen MR) is 160 cm³/mol. The number of likely N-dealkylation sites (N-methyl/N-ethyl adjacent to an activating group) is 1. The van der Waals surface area contributed by atoms with Gasteiger partial charge in [0, 0.05) is 56.0 Å². The van der Waals surface area contributed by atoms with Crippen LogP contribution in [-0.4, -0.2) is 50.0 Å². The molecular weight excluding hydrogens is 519 g/mol. The summed E-state index contributed by atoms with van der Waals surface area (Å²) in [5.74, 6) is -0.0455. The van der Waals surface area contributed by atoms with E-state index in [4.69, 9.17) is 4.74 Å². The van der Waals surface area contributed by atoms with Gasteiger partial charge in [0.15, 0.2) is 0 Å². The van der Waals surface area contributed by atoms with Crippen LogP contribution in [0, 0.1) is 19.7 Å². The van der Waals surface area contributed by atoms with Gasteiger partial charge in [-0.05, 0) is 77.7 Å². The Bertz CT molecular complexity index is 1560. The van der Waals surface area contributed by atoms with Gasteiger partial charge in [-0.25, -0.2) is 4.39 Å². The lowest BCUT2D eigenvalue weighted by atomic mass is 9.90. The molecule has 0 saturated carbocycles. The Morgan fingerprint density at radius 1 is 1.10 bits per heavy atom. The molecule has 2 aliphatic heterocycles. The van der Waals surface area contributed by atoms with Crippen molar-refractivity contribution in [3.8, 4) is 28.0 Å². The predicted octanol–water partition coefficient (Wildman–Crippen LogP) is 5.09. The number of carbonyl (C=O) groups is 2. The molecule has 2 heterocycles. The molecule has 41 heavy (non-hydrogen) atoms. The maximum Gasteiger partial charge on any atom is 0.253 e. The number of rotatable bonds is 8. The van der Waals surface area contributed by atoms with Crippen molar-refractivity contribution in [3.63, 3.8) is 0 Å². The number of anilines is 1. The molecule has 0 bridgehead atoms. The molecule has 3 aromatic rings. The Balaban J connectivity index is 1.42. The fourth-order valence-electron chi connectivity index (χ4n) is 5.45. The van der Waals surface area contributed by atoms with E-state index >= 15 is 4.39 Å². The van der Waals surface area contributed by atoms with Crippen LogP contribution in [0.2, 0.25) is 0 Å². The lowest BCUT2D eigenvalue weighted by molar-refractivity contribution is -0.119. The Morgan fingerprint density at radius 2 is 1.83 bits per heavy atom. The number of nitrogens with one attached hydrogen (secondary N) is 3. The summed E-state index contributed by atoms with van der Waals surface area (Å²) in [6.07, 6.45) is 6.02. The third-order valence-electron chi connectivity index (χ3n) is 7.79. The number of amides is 2. The molecule has 0 aliphatic carbocycles. The first-order valence-electron chi connectivity index (χ1n) is 13.7.